The maximum absolute atomic E-state index is 12.6. The lowest BCUT2D eigenvalue weighted by Crippen LogP contribution is -2.51. The summed E-state index contributed by atoms with van der Waals surface area (Å²) in [6.07, 6.45) is 3.53. The van der Waals surface area contributed by atoms with Crippen LogP contribution in [0.15, 0.2) is 48.8 Å². The molecule has 0 unspecified atom stereocenters. The molecule has 1 fully saturated rings. The minimum atomic E-state index is -0.335. The fourth-order valence-electron chi connectivity index (χ4n) is 3.33. The van der Waals surface area contributed by atoms with Gasteiger partial charge in [0, 0.05) is 50.8 Å². The van der Waals surface area contributed by atoms with Crippen molar-refractivity contribution in [1.82, 2.24) is 14.8 Å². The van der Waals surface area contributed by atoms with Gasteiger partial charge in [-0.2, -0.15) is 0 Å². The molecule has 2 aromatic rings. The van der Waals surface area contributed by atoms with Gasteiger partial charge in [0.25, 0.3) is 0 Å². The van der Waals surface area contributed by atoms with Crippen molar-refractivity contribution in [2.75, 3.05) is 51.8 Å². The topological polar surface area (TPSA) is 66.0 Å². The number of hydrogen-bond acceptors (Lipinski definition) is 6. The molecule has 1 amide bonds. The van der Waals surface area contributed by atoms with Gasteiger partial charge in [0.05, 0.1) is 19.2 Å². The number of pyridine rings is 1. The molecule has 3 rings (SSSR count). The summed E-state index contributed by atoms with van der Waals surface area (Å²) in [6, 6.07) is 11.3. The Kier molecular flexibility index (Phi) is 6.60. The number of methoxy groups -OCH3 is 1. The molecule has 0 spiro atoms. The van der Waals surface area contributed by atoms with Crippen LogP contribution in [0.1, 0.15) is 15.9 Å². The Bertz CT molecular complexity index is 787. The molecule has 28 heavy (non-hydrogen) atoms. The van der Waals surface area contributed by atoms with Crippen LogP contribution in [0.25, 0.3) is 0 Å². The van der Waals surface area contributed by atoms with E-state index >= 15 is 0 Å². The standard InChI is InChI=1S/C21H26N4O3/c1-23(15-17-7-9-22-10-8-17)16-20(26)25-13-11-24(12-14-25)19-5-3-18(4-6-19)21(27)28-2/h3-10H,11-16H2,1-2H3. The molecule has 0 bridgehead atoms. The van der Waals surface area contributed by atoms with Crippen LogP contribution in [-0.4, -0.2) is 73.5 Å². The summed E-state index contributed by atoms with van der Waals surface area (Å²) in [7, 11) is 3.33. The van der Waals surface area contributed by atoms with Crippen LogP contribution >= 0.6 is 0 Å². The van der Waals surface area contributed by atoms with E-state index in [0.717, 1.165) is 30.9 Å². The summed E-state index contributed by atoms with van der Waals surface area (Å²) in [5, 5.41) is 0. The minimum Gasteiger partial charge on any atom is -0.465 e. The van der Waals surface area contributed by atoms with Gasteiger partial charge in [-0.05, 0) is 49.0 Å². The first-order chi connectivity index (χ1) is 13.6. The molecule has 0 radical (unpaired) electrons. The number of likely N-dealkylation sites (N-methyl/N-ethyl adjacent to an activating group) is 1. The molecule has 7 heteroatoms. The van der Waals surface area contributed by atoms with Crippen LogP contribution in [0.2, 0.25) is 0 Å². The average Bonchev–Trinajstić information content (AvgIpc) is 2.74. The maximum atomic E-state index is 12.6. The number of hydrogen-bond donors (Lipinski definition) is 0. The van der Waals surface area contributed by atoms with Crippen molar-refractivity contribution in [3.8, 4) is 0 Å². The molecule has 1 saturated heterocycles. The largest absolute Gasteiger partial charge is 0.465 e. The van der Waals surface area contributed by atoms with Crippen LogP contribution in [-0.2, 0) is 16.1 Å². The van der Waals surface area contributed by atoms with Crippen LogP contribution in [0, 0.1) is 0 Å². The van der Waals surface area contributed by atoms with E-state index in [1.54, 1.807) is 24.5 Å². The highest BCUT2D eigenvalue weighted by Crippen LogP contribution is 2.18. The molecule has 0 aliphatic carbocycles. The van der Waals surface area contributed by atoms with Crippen LogP contribution in [0.5, 0.6) is 0 Å². The van der Waals surface area contributed by atoms with Crippen molar-refractivity contribution in [2.24, 2.45) is 0 Å². The van der Waals surface area contributed by atoms with E-state index in [4.69, 9.17) is 4.74 Å². The fraction of sp³-hybridized carbons (Fsp3) is 0.381. The first-order valence-corrected chi connectivity index (χ1v) is 9.35. The number of amides is 1. The molecular formula is C21H26N4O3. The Balaban J connectivity index is 1.48. The Morgan fingerprint density at radius 1 is 1.04 bits per heavy atom. The second-order valence-corrected chi connectivity index (χ2v) is 6.93. The Morgan fingerprint density at radius 2 is 1.68 bits per heavy atom. The third-order valence-corrected chi connectivity index (χ3v) is 4.89. The van der Waals surface area contributed by atoms with Gasteiger partial charge in [0.1, 0.15) is 0 Å². The lowest BCUT2D eigenvalue weighted by molar-refractivity contribution is -0.132. The zero-order valence-corrected chi connectivity index (χ0v) is 16.4. The first kappa shape index (κ1) is 19.8. The van der Waals surface area contributed by atoms with Crippen molar-refractivity contribution in [3.63, 3.8) is 0 Å². The van der Waals surface area contributed by atoms with Crippen molar-refractivity contribution in [1.29, 1.82) is 0 Å². The number of carbonyl (C=O) groups is 2. The van der Waals surface area contributed by atoms with Crippen LogP contribution in [0.4, 0.5) is 5.69 Å². The fourth-order valence-corrected chi connectivity index (χ4v) is 3.33. The Hall–Kier alpha value is -2.93. The third kappa shape index (κ3) is 5.07. The van der Waals surface area contributed by atoms with Crippen molar-refractivity contribution >= 4 is 17.6 Å². The molecule has 0 N–H and O–H groups in total. The number of esters is 1. The third-order valence-electron chi connectivity index (χ3n) is 4.89. The van der Waals surface area contributed by atoms with E-state index in [-0.39, 0.29) is 11.9 Å². The van der Waals surface area contributed by atoms with Crippen molar-refractivity contribution in [2.45, 2.75) is 6.54 Å². The summed E-state index contributed by atoms with van der Waals surface area (Å²) < 4.78 is 4.73. The van der Waals surface area contributed by atoms with Gasteiger partial charge in [-0.3, -0.25) is 14.7 Å². The van der Waals surface area contributed by atoms with Gasteiger partial charge in [-0.15, -0.1) is 0 Å². The van der Waals surface area contributed by atoms with Crippen LogP contribution in [0.3, 0.4) is 0 Å². The van der Waals surface area contributed by atoms with Gasteiger partial charge < -0.3 is 14.5 Å². The number of nitrogens with zero attached hydrogens (tertiary/aromatic N) is 4. The molecule has 0 atom stereocenters. The highest BCUT2D eigenvalue weighted by Gasteiger charge is 2.22. The van der Waals surface area contributed by atoms with Gasteiger partial charge >= 0.3 is 5.97 Å². The molecular weight excluding hydrogens is 356 g/mol. The summed E-state index contributed by atoms with van der Waals surface area (Å²) in [4.78, 5) is 34.3. The molecule has 1 aromatic heterocycles. The predicted molar refractivity (Wildman–Crippen MR) is 107 cm³/mol. The number of anilines is 1. The van der Waals surface area contributed by atoms with Gasteiger partial charge in [0.15, 0.2) is 0 Å². The lowest BCUT2D eigenvalue weighted by atomic mass is 10.2. The lowest BCUT2D eigenvalue weighted by Gasteiger charge is -2.36. The van der Waals surface area contributed by atoms with Gasteiger partial charge in [-0.1, -0.05) is 0 Å². The highest BCUT2D eigenvalue weighted by molar-refractivity contribution is 5.89. The summed E-state index contributed by atoms with van der Waals surface area (Å²) in [5.74, 6) is -0.185. The first-order valence-electron chi connectivity index (χ1n) is 9.35. The second-order valence-electron chi connectivity index (χ2n) is 6.93. The number of rotatable bonds is 6. The van der Waals surface area contributed by atoms with E-state index in [9.17, 15) is 9.59 Å². The number of benzene rings is 1. The van der Waals surface area contributed by atoms with Crippen LogP contribution < -0.4 is 4.90 Å². The van der Waals surface area contributed by atoms with Gasteiger partial charge in [0.2, 0.25) is 5.91 Å². The Morgan fingerprint density at radius 3 is 2.29 bits per heavy atom. The van der Waals surface area contributed by atoms with E-state index in [0.29, 0.717) is 25.2 Å². The zero-order valence-electron chi connectivity index (χ0n) is 16.4. The molecule has 7 nitrogen and oxygen atoms in total. The summed E-state index contributed by atoms with van der Waals surface area (Å²) in [5.41, 5.74) is 2.73. The van der Waals surface area contributed by atoms with Gasteiger partial charge in [-0.25, -0.2) is 4.79 Å². The number of aromatic nitrogens is 1. The average molecular weight is 382 g/mol. The SMILES string of the molecule is COC(=O)c1ccc(N2CCN(C(=O)CN(C)Cc3ccncc3)CC2)cc1. The highest BCUT2D eigenvalue weighted by atomic mass is 16.5. The monoisotopic (exact) mass is 382 g/mol. The van der Waals surface area contributed by atoms with E-state index in [2.05, 4.69) is 9.88 Å². The van der Waals surface area contributed by atoms with Crippen molar-refractivity contribution in [3.05, 3.63) is 59.9 Å². The predicted octanol–water partition coefficient (Wildman–Crippen LogP) is 1.65. The van der Waals surface area contributed by atoms with Crippen molar-refractivity contribution < 1.29 is 14.3 Å². The summed E-state index contributed by atoms with van der Waals surface area (Å²) >= 11 is 0. The quantitative estimate of drug-likeness (QED) is 0.708. The smallest absolute Gasteiger partial charge is 0.337 e. The number of piperazine rings is 1. The molecule has 148 valence electrons. The van der Waals surface area contributed by atoms with E-state index in [1.807, 2.05) is 41.1 Å². The zero-order chi connectivity index (χ0) is 19.9. The number of carbonyl (C=O) groups excluding carboxylic acids is 2. The molecule has 2 heterocycles. The molecule has 0 saturated carbocycles. The van der Waals surface area contributed by atoms with E-state index in [1.165, 1.54) is 7.11 Å². The maximum Gasteiger partial charge on any atom is 0.337 e. The number of ether oxygens (including phenoxy) is 1. The summed E-state index contributed by atoms with van der Waals surface area (Å²) in [6.45, 7) is 4.06. The molecule has 1 aliphatic rings. The Labute approximate surface area is 165 Å². The minimum absolute atomic E-state index is 0.150. The normalized spacial score (nSPS) is 14.2. The molecule has 1 aliphatic heterocycles. The van der Waals surface area contributed by atoms with E-state index < -0.39 is 0 Å². The molecule has 1 aromatic carbocycles. The second kappa shape index (κ2) is 9.32.